The summed E-state index contributed by atoms with van der Waals surface area (Å²) in [5.41, 5.74) is 0. The van der Waals surface area contributed by atoms with Gasteiger partial charge in [-0.1, -0.05) is 19.8 Å². The minimum atomic E-state index is -0.0651. The zero-order chi connectivity index (χ0) is 19.1. The summed E-state index contributed by atoms with van der Waals surface area (Å²) in [6, 6.07) is 0. The summed E-state index contributed by atoms with van der Waals surface area (Å²) in [6.07, 6.45) is 8.85. The van der Waals surface area contributed by atoms with E-state index in [9.17, 15) is 9.59 Å². The molecule has 0 spiro atoms. The lowest BCUT2D eigenvalue weighted by Gasteiger charge is -2.27. The topological polar surface area (TPSA) is 92.2 Å². The van der Waals surface area contributed by atoms with Gasteiger partial charge in [0.2, 0.25) is 17.8 Å². The normalized spacial score (nSPS) is 22.1. The number of carbonyl (C=O) groups is 2. The van der Waals surface area contributed by atoms with Crippen molar-refractivity contribution in [1.29, 1.82) is 0 Å². The Morgan fingerprint density at radius 2 is 2.04 bits per heavy atom. The van der Waals surface area contributed by atoms with E-state index >= 15 is 0 Å². The summed E-state index contributed by atoms with van der Waals surface area (Å²) >= 11 is 0. The SMILES string of the molecule is CC(CC(=O)Nc1ncn(CC(=O)N2CCCCCC2)n1)C1CCCNC1. The average Bonchev–Trinajstić information content (AvgIpc) is 2.93. The van der Waals surface area contributed by atoms with Crippen LogP contribution in [0.15, 0.2) is 6.33 Å². The molecule has 2 amide bonds. The van der Waals surface area contributed by atoms with Gasteiger partial charge in [0.15, 0.2) is 0 Å². The van der Waals surface area contributed by atoms with Crippen LogP contribution in [0, 0.1) is 11.8 Å². The van der Waals surface area contributed by atoms with Crippen molar-refractivity contribution in [3.63, 3.8) is 0 Å². The van der Waals surface area contributed by atoms with Gasteiger partial charge in [-0.2, -0.15) is 0 Å². The Bertz CT molecular complexity index is 617. The minimum Gasteiger partial charge on any atom is -0.341 e. The van der Waals surface area contributed by atoms with E-state index in [-0.39, 0.29) is 24.3 Å². The predicted molar refractivity (Wildman–Crippen MR) is 103 cm³/mol. The maximum atomic E-state index is 12.4. The molecule has 2 aliphatic rings. The van der Waals surface area contributed by atoms with Crippen molar-refractivity contribution in [3.05, 3.63) is 6.33 Å². The molecular formula is C19H32N6O2. The van der Waals surface area contributed by atoms with Crippen LogP contribution >= 0.6 is 0 Å². The molecule has 1 aromatic rings. The number of hydrogen-bond acceptors (Lipinski definition) is 5. The monoisotopic (exact) mass is 376 g/mol. The summed E-state index contributed by atoms with van der Waals surface area (Å²) in [7, 11) is 0. The summed E-state index contributed by atoms with van der Waals surface area (Å²) < 4.78 is 1.51. The molecule has 8 nitrogen and oxygen atoms in total. The third-order valence-corrected chi connectivity index (χ3v) is 5.69. The maximum Gasteiger partial charge on any atom is 0.248 e. The molecule has 8 heteroatoms. The number of amides is 2. The number of carbonyl (C=O) groups excluding carboxylic acids is 2. The molecule has 2 atom stereocenters. The molecule has 3 heterocycles. The zero-order valence-corrected chi connectivity index (χ0v) is 16.3. The molecule has 3 rings (SSSR count). The molecule has 2 N–H and O–H groups in total. The van der Waals surface area contributed by atoms with Crippen LogP contribution in [0.1, 0.15) is 51.9 Å². The van der Waals surface area contributed by atoms with Crippen molar-refractivity contribution in [2.24, 2.45) is 11.8 Å². The van der Waals surface area contributed by atoms with Crippen LogP contribution in [0.3, 0.4) is 0 Å². The Labute approximate surface area is 161 Å². The number of nitrogens with one attached hydrogen (secondary N) is 2. The fourth-order valence-electron chi connectivity index (χ4n) is 3.99. The van der Waals surface area contributed by atoms with Gasteiger partial charge < -0.3 is 10.2 Å². The fraction of sp³-hybridized carbons (Fsp3) is 0.789. The lowest BCUT2D eigenvalue weighted by atomic mass is 9.85. The third-order valence-electron chi connectivity index (χ3n) is 5.69. The highest BCUT2D eigenvalue weighted by atomic mass is 16.2. The molecule has 0 aromatic carbocycles. The molecule has 27 heavy (non-hydrogen) atoms. The number of nitrogens with zero attached hydrogens (tertiary/aromatic N) is 4. The molecule has 0 saturated carbocycles. The summed E-state index contributed by atoms with van der Waals surface area (Å²) in [6.45, 7) is 6.01. The molecule has 0 aliphatic carbocycles. The molecule has 2 fully saturated rings. The van der Waals surface area contributed by atoms with Crippen LogP contribution in [0.4, 0.5) is 5.95 Å². The van der Waals surface area contributed by atoms with E-state index in [1.165, 1.54) is 36.7 Å². The van der Waals surface area contributed by atoms with Crippen LogP contribution in [-0.4, -0.2) is 57.7 Å². The lowest BCUT2D eigenvalue weighted by molar-refractivity contribution is -0.132. The van der Waals surface area contributed by atoms with E-state index in [1.807, 2.05) is 4.90 Å². The van der Waals surface area contributed by atoms with E-state index in [1.54, 1.807) is 0 Å². The largest absolute Gasteiger partial charge is 0.341 e. The Kier molecular flexibility index (Phi) is 7.20. The second-order valence-corrected chi connectivity index (χ2v) is 7.90. The van der Waals surface area contributed by atoms with Crippen LogP contribution in [0.25, 0.3) is 0 Å². The number of rotatable bonds is 6. The van der Waals surface area contributed by atoms with Gasteiger partial charge in [-0.15, -0.1) is 5.10 Å². The highest BCUT2D eigenvalue weighted by molar-refractivity contribution is 5.89. The molecular weight excluding hydrogens is 344 g/mol. The highest BCUT2D eigenvalue weighted by Gasteiger charge is 2.22. The summed E-state index contributed by atoms with van der Waals surface area (Å²) in [5, 5.41) is 10.4. The molecule has 1 aromatic heterocycles. The molecule has 0 bridgehead atoms. The van der Waals surface area contributed by atoms with E-state index in [4.69, 9.17) is 0 Å². The second-order valence-electron chi connectivity index (χ2n) is 7.90. The van der Waals surface area contributed by atoms with Gasteiger partial charge in [0.05, 0.1) is 0 Å². The molecule has 2 unspecified atom stereocenters. The maximum absolute atomic E-state index is 12.4. The van der Waals surface area contributed by atoms with Gasteiger partial charge in [-0.05, 0) is 50.6 Å². The quantitative estimate of drug-likeness (QED) is 0.787. The van der Waals surface area contributed by atoms with Crippen molar-refractivity contribution in [2.75, 3.05) is 31.5 Å². The van der Waals surface area contributed by atoms with Gasteiger partial charge in [0.1, 0.15) is 12.9 Å². The Balaban J connectivity index is 1.45. The van der Waals surface area contributed by atoms with Gasteiger partial charge in [0, 0.05) is 19.5 Å². The van der Waals surface area contributed by atoms with E-state index in [0.717, 1.165) is 39.0 Å². The summed E-state index contributed by atoms with van der Waals surface area (Å²) in [5.74, 6) is 1.14. The molecule has 0 radical (unpaired) electrons. The van der Waals surface area contributed by atoms with Crippen molar-refractivity contribution in [3.8, 4) is 0 Å². The Morgan fingerprint density at radius 3 is 2.74 bits per heavy atom. The van der Waals surface area contributed by atoms with Gasteiger partial charge in [-0.3, -0.25) is 14.9 Å². The van der Waals surface area contributed by atoms with Crippen molar-refractivity contribution in [1.82, 2.24) is 25.0 Å². The first kappa shape index (κ1) is 19.8. The van der Waals surface area contributed by atoms with Crippen LogP contribution < -0.4 is 10.6 Å². The second kappa shape index (κ2) is 9.82. The first-order chi connectivity index (χ1) is 13.1. The van der Waals surface area contributed by atoms with E-state index < -0.39 is 0 Å². The van der Waals surface area contributed by atoms with Crippen LogP contribution in [0.5, 0.6) is 0 Å². The number of aromatic nitrogens is 3. The van der Waals surface area contributed by atoms with Crippen molar-refractivity contribution < 1.29 is 9.59 Å². The van der Waals surface area contributed by atoms with Gasteiger partial charge in [-0.25, -0.2) is 9.67 Å². The van der Waals surface area contributed by atoms with Crippen LogP contribution in [-0.2, 0) is 16.1 Å². The molecule has 2 aliphatic heterocycles. The molecule has 150 valence electrons. The fourth-order valence-corrected chi connectivity index (χ4v) is 3.99. The van der Waals surface area contributed by atoms with Crippen LogP contribution in [0.2, 0.25) is 0 Å². The molecule has 2 saturated heterocycles. The van der Waals surface area contributed by atoms with Gasteiger partial charge in [0.25, 0.3) is 0 Å². The first-order valence-corrected chi connectivity index (χ1v) is 10.3. The Morgan fingerprint density at radius 1 is 1.26 bits per heavy atom. The number of likely N-dealkylation sites (tertiary alicyclic amines) is 1. The zero-order valence-electron chi connectivity index (χ0n) is 16.3. The van der Waals surface area contributed by atoms with E-state index in [2.05, 4.69) is 27.6 Å². The average molecular weight is 377 g/mol. The number of anilines is 1. The third kappa shape index (κ3) is 6.02. The smallest absolute Gasteiger partial charge is 0.248 e. The number of hydrogen-bond donors (Lipinski definition) is 2. The number of piperidine rings is 1. The van der Waals surface area contributed by atoms with E-state index in [0.29, 0.717) is 18.3 Å². The highest BCUT2D eigenvalue weighted by Crippen LogP contribution is 2.22. The Hall–Kier alpha value is -1.96. The lowest BCUT2D eigenvalue weighted by Crippen LogP contribution is -2.35. The predicted octanol–water partition coefficient (Wildman–Crippen LogP) is 1.64. The van der Waals surface area contributed by atoms with Crippen molar-refractivity contribution in [2.45, 2.75) is 58.4 Å². The summed E-state index contributed by atoms with van der Waals surface area (Å²) in [4.78, 5) is 30.7. The van der Waals surface area contributed by atoms with Crippen molar-refractivity contribution >= 4 is 17.8 Å². The minimum absolute atomic E-state index is 0.0651. The van der Waals surface area contributed by atoms with Gasteiger partial charge >= 0.3 is 0 Å². The standard InChI is InChI=1S/C19H32N6O2/c1-15(16-7-6-8-20-12-16)11-17(26)22-19-21-14-25(23-19)13-18(27)24-9-4-2-3-5-10-24/h14-16,20H,2-13H2,1H3,(H,22,23,26). The first-order valence-electron chi connectivity index (χ1n) is 10.3.